The molecule has 0 heterocycles. The van der Waals surface area contributed by atoms with E-state index in [1.807, 2.05) is 12.1 Å². The summed E-state index contributed by atoms with van der Waals surface area (Å²) in [4.78, 5) is 2.38. The fourth-order valence-electron chi connectivity index (χ4n) is 2.41. The highest BCUT2D eigenvalue weighted by molar-refractivity contribution is 9.10. The molecule has 0 amide bonds. The Labute approximate surface area is 141 Å². The molecule has 0 aliphatic rings. The summed E-state index contributed by atoms with van der Waals surface area (Å²) in [5, 5.41) is 0. The van der Waals surface area contributed by atoms with E-state index in [1.54, 1.807) is 14.2 Å². The van der Waals surface area contributed by atoms with Crippen LogP contribution < -0.4 is 9.47 Å². The van der Waals surface area contributed by atoms with E-state index >= 15 is 0 Å². The Bertz CT molecular complexity index is 602. The molecule has 22 heavy (non-hydrogen) atoms. The minimum absolute atomic E-state index is 0.784. The van der Waals surface area contributed by atoms with Crippen LogP contribution in [0.1, 0.15) is 18.1 Å². The first kappa shape index (κ1) is 16.8. The highest BCUT2D eigenvalue weighted by Gasteiger charge is 2.13. The van der Waals surface area contributed by atoms with Crippen LogP contribution in [0.5, 0.6) is 11.5 Å². The largest absolute Gasteiger partial charge is 0.496 e. The molecule has 0 fully saturated rings. The molecule has 2 rings (SSSR count). The number of benzene rings is 2. The predicted octanol–water partition coefficient (Wildman–Crippen LogP) is 4.49. The molecule has 0 N–H and O–H groups in total. The monoisotopic (exact) mass is 363 g/mol. The number of rotatable bonds is 7. The zero-order valence-electron chi connectivity index (χ0n) is 13.3. The molecular formula is C18H22BrNO2. The van der Waals surface area contributed by atoms with E-state index in [2.05, 4.69) is 58.1 Å². The summed E-state index contributed by atoms with van der Waals surface area (Å²) in [6.07, 6.45) is 0. The number of methoxy groups -OCH3 is 2. The minimum Gasteiger partial charge on any atom is -0.496 e. The van der Waals surface area contributed by atoms with Gasteiger partial charge in [0.1, 0.15) is 11.5 Å². The van der Waals surface area contributed by atoms with E-state index < -0.39 is 0 Å². The lowest BCUT2D eigenvalue weighted by Crippen LogP contribution is -2.22. The standard InChI is InChI=1S/C18H22BrNO2/c1-4-20(12-14-8-6-5-7-9-14)13-15-10-16(19)18(22-3)11-17(15)21-2/h5-11H,4,12-13H2,1-3H3. The molecule has 4 heteroatoms. The van der Waals surface area contributed by atoms with Crippen molar-refractivity contribution in [2.75, 3.05) is 20.8 Å². The van der Waals surface area contributed by atoms with Crippen molar-refractivity contribution < 1.29 is 9.47 Å². The fraction of sp³-hybridized carbons (Fsp3) is 0.333. The van der Waals surface area contributed by atoms with E-state index in [0.717, 1.165) is 41.2 Å². The van der Waals surface area contributed by atoms with Crippen molar-refractivity contribution in [1.82, 2.24) is 4.90 Å². The number of hydrogen-bond donors (Lipinski definition) is 0. The highest BCUT2D eigenvalue weighted by atomic mass is 79.9. The number of nitrogens with zero attached hydrogens (tertiary/aromatic N) is 1. The molecule has 2 aromatic carbocycles. The number of ether oxygens (including phenoxy) is 2. The second-order valence-electron chi connectivity index (χ2n) is 5.09. The van der Waals surface area contributed by atoms with Gasteiger partial charge in [-0.3, -0.25) is 4.90 Å². The van der Waals surface area contributed by atoms with Gasteiger partial charge >= 0.3 is 0 Å². The normalized spacial score (nSPS) is 10.8. The number of halogens is 1. The van der Waals surface area contributed by atoms with Crippen LogP contribution in [0.15, 0.2) is 46.9 Å². The van der Waals surface area contributed by atoms with Gasteiger partial charge < -0.3 is 9.47 Å². The predicted molar refractivity (Wildman–Crippen MR) is 93.5 cm³/mol. The van der Waals surface area contributed by atoms with Gasteiger partial charge in [-0.2, -0.15) is 0 Å². The molecule has 0 aromatic heterocycles. The first-order chi connectivity index (χ1) is 10.7. The van der Waals surface area contributed by atoms with E-state index in [9.17, 15) is 0 Å². The van der Waals surface area contributed by atoms with Gasteiger partial charge in [-0.05, 0) is 34.1 Å². The first-order valence-electron chi connectivity index (χ1n) is 7.34. The number of hydrogen-bond acceptors (Lipinski definition) is 3. The average molecular weight is 364 g/mol. The second kappa shape index (κ2) is 8.20. The summed E-state index contributed by atoms with van der Waals surface area (Å²) in [6.45, 7) is 4.90. The van der Waals surface area contributed by atoms with Crippen LogP contribution in [-0.4, -0.2) is 25.7 Å². The van der Waals surface area contributed by atoms with Crippen LogP contribution in [0.2, 0.25) is 0 Å². The van der Waals surface area contributed by atoms with Crippen molar-refractivity contribution in [2.45, 2.75) is 20.0 Å². The maximum absolute atomic E-state index is 5.51. The molecule has 0 atom stereocenters. The minimum atomic E-state index is 0.784. The molecule has 0 aliphatic carbocycles. The van der Waals surface area contributed by atoms with Gasteiger partial charge in [-0.25, -0.2) is 0 Å². The van der Waals surface area contributed by atoms with Crippen LogP contribution in [0.4, 0.5) is 0 Å². The second-order valence-corrected chi connectivity index (χ2v) is 5.94. The maximum Gasteiger partial charge on any atom is 0.136 e. The molecule has 0 spiro atoms. The molecule has 2 aromatic rings. The van der Waals surface area contributed by atoms with E-state index in [1.165, 1.54) is 5.56 Å². The summed E-state index contributed by atoms with van der Waals surface area (Å²) in [5.41, 5.74) is 2.46. The molecule has 0 bridgehead atoms. The molecule has 118 valence electrons. The van der Waals surface area contributed by atoms with Gasteiger partial charge in [-0.15, -0.1) is 0 Å². The van der Waals surface area contributed by atoms with Gasteiger partial charge in [0.15, 0.2) is 0 Å². The topological polar surface area (TPSA) is 21.7 Å². The third kappa shape index (κ3) is 4.24. The maximum atomic E-state index is 5.51. The quantitative estimate of drug-likeness (QED) is 0.723. The van der Waals surface area contributed by atoms with Crippen molar-refractivity contribution in [1.29, 1.82) is 0 Å². The van der Waals surface area contributed by atoms with Gasteiger partial charge in [-0.1, -0.05) is 37.3 Å². The third-order valence-electron chi connectivity index (χ3n) is 3.65. The first-order valence-corrected chi connectivity index (χ1v) is 8.14. The van der Waals surface area contributed by atoms with Crippen molar-refractivity contribution in [2.24, 2.45) is 0 Å². The summed E-state index contributed by atoms with van der Waals surface area (Å²) >= 11 is 3.55. The molecule has 0 saturated carbocycles. The van der Waals surface area contributed by atoms with Crippen LogP contribution in [-0.2, 0) is 13.1 Å². The van der Waals surface area contributed by atoms with Gasteiger partial charge in [0.25, 0.3) is 0 Å². The molecule has 0 saturated heterocycles. The Morgan fingerprint density at radius 1 is 0.955 bits per heavy atom. The van der Waals surface area contributed by atoms with Gasteiger partial charge in [0.2, 0.25) is 0 Å². The highest BCUT2D eigenvalue weighted by Crippen LogP contribution is 2.33. The van der Waals surface area contributed by atoms with Gasteiger partial charge in [0, 0.05) is 24.7 Å². The lowest BCUT2D eigenvalue weighted by Gasteiger charge is -2.22. The lowest BCUT2D eigenvalue weighted by atomic mass is 10.1. The Hall–Kier alpha value is -1.52. The Balaban J connectivity index is 2.18. The Morgan fingerprint density at radius 2 is 1.64 bits per heavy atom. The van der Waals surface area contributed by atoms with Crippen molar-refractivity contribution >= 4 is 15.9 Å². The van der Waals surface area contributed by atoms with Crippen LogP contribution >= 0.6 is 15.9 Å². The summed E-state index contributed by atoms with van der Waals surface area (Å²) in [7, 11) is 3.35. The zero-order valence-corrected chi connectivity index (χ0v) is 14.9. The Morgan fingerprint density at radius 3 is 2.23 bits per heavy atom. The van der Waals surface area contributed by atoms with Crippen LogP contribution in [0, 0.1) is 0 Å². The van der Waals surface area contributed by atoms with E-state index in [0.29, 0.717) is 0 Å². The third-order valence-corrected chi connectivity index (χ3v) is 4.26. The molecule has 0 aliphatic heterocycles. The van der Waals surface area contributed by atoms with Crippen LogP contribution in [0.3, 0.4) is 0 Å². The van der Waals surface area contributed by atoms with E-state index in [4.69, 9.17) is 9.47 Å². The van der Waals surface area contributed by atoms with Crippen molar-refractivity contribution in [3.05, 3.63) is 58.1 Å². The molecular weight excluding hydrogens is 342 g/mol. The van der Waals surface area contributed by atoms with Crippen LogP contribution in [0.25, 0.3) is 0 Å². The zero-order chi connectivity index (χ0) is 15.9. The summed E-state index contributed by atoms with van der Waals surface area (Å²) in [6, 6.07) is 14.5. The average Bonchev–Trinajstić information content (AvgIpc) is 2.55. The smallest absolute Gasteiger partial charge is 0.136 e. The fourth-order valence-corrected chi connectivity index (χ4v) is 2.96. The summed E-state index contributed by atoms with van der Waals surface area (Å²) in [5.74, 6) is 1.64. The Kier molecular flexibility index (Phi) is 6.28. The SMILES string of the molecule is CCN(Cc1ccccc1)Cc1cc(Br)c(OC)cc1OC. The van der Waals surface area contributed by atoms with Gasteiger partial charge in [0.05, 0.1) is 18.7 Å². The van der Waals surface area contributed by atoms with Crippen molar-refractivity contribution in [3.63, 3.8) is 0 Å². The molecule has 3 nitrogen and oxygen atoms in total. The van der Waals surface area contributed by atoms with Crippen molar-refractivity contribution in [3.8, 4) is 11.5 Å². The molecule has 0 unspecified atom stereocenters. The van der Waals surface area contributed by atoms with E-state index in [-0.39, 0.29) is 0 Å². The molecule has 0 radical (unpaired) electrons. The summed E-state index contributed by atoms with van der Waals surface area (Å²) < 4.78 is 11.8. The lowest BCUT2D eigenvalue weighted by molar-refractivity contribution is 0.266.